The third-order valence-electron chi connectivity index (χ3n) is 1.83. The number of halogens is 1. The van der Waals surface area contributed by atoms with Gasteiger partial charge in [0, 0.05) is 6.42 Å². The maximum Gasteiger partial charge on any atom is 0.155 e. The first-order valence-electron chi connectivity index (χ1n) is 4.03. The number of hydrogen-bond acceptors (Lipinski definition) is 1. The molecule has 0 aromatic heterocycles. The van der Waals surface area contributed by atoms with Crippen LogP contribution in [0.25, 0.3) is 0 Å². The Kier molecular flexibility index (Phi) is 2.96. The molecule has 0 atom stereocenters. The molecule has 0 saturated carbocycles. The highest BCUT2D eigenvalue weighted by molar-refractivity contribution is 5.92. The summed E-state index contributed by atoms with van der Waals surface area (Å²) in [5, 5.41) is 0. The number of allylic oxidation sites excluding steroid dienone is 1. The minimum absolute atomic E-state index is 0.0238. The Morgan fingerprint density at radius 1 is 1.38 bits per heavy atom. The molecular formula is C11H11FO. The fraction of sp³-hybridized carbons (Fsp3) is 0.182. The summed E-state index contributed by atoms with van der Waals surface area (Å²) in [6, 6.07) is 6.07. The number of benzene rings is 1. The van der Waals surface area contributed by atoms with Crippen molar-refractivity contribution in [3.05, 3.63) is 47.8 Å². The third-order valence-corrected chi connectivity index (χ3v) is 1.83. The van der Waals surface area contributed by atoms with Crippen molar-refractivity contribution in [2.75, 3.05) is 0 Å². The van der Waals surface area contributed by atoms with Crippen LogP contribution in [0, 0.1) is 5.82 Å². The van der Waals surface area contributed by atoms with Crippen LogP contribution < -0.4 is 0 Å². The first kappa shape index (κ1) is 9.65. The summed E-state index contributed by atoms with van der Waals surface area (Å²) in [6.07, 6.45) is 0.496. The average molecular weight is 178 g/mol. The van der Waals surface area contributed by atoms with Crippen LogP contribution in [0.1, 0.15) is 12.5 Å². The molecule has 0 spiro atoms. The zero-order valence-corrected chi connectivity index (χ0v) is 7.51. The third kappa shape index (κ3) is 2.82. The van der Waals surface area contributed by atoms with Crippen molar-refractivity contribution in [3.8, 4) is 0 Å². The lowest BCUT2D eigenvalue weighted by atomic mass is 10.0. The van der Waals surface area contributed by atoms with E-state index in [2.05, 4.69) is 6.58 Å². The summed E-state index contributed by atoms with van der Waals surface area (Å²) in [7, 11) is 0. The fourth-order valence-electron chi connectivity index (χ4n) is 0.973. The summed E-state index contributed by atoms with van der Waals surface area (Å²) in [5.41, 5.74) is 1.45. The second kappa shape index (κ2) is 3.99. The molecule has 2 heteroatoms. The number of Topliss-reactive ketones (excluding diaryl/α,β-unsaturated/α-hetero) is 1. The van der Waals surface area contributed by atoms with Crippen molar-refractivity contribution in [1.29, 1.82) is 0 Å². The number of carbonyl (C=O) groups is 1. The van der Waals surface area contributed by atoms with Gasteiger partial charge < -0.3 is 0 Å². The molecule has 0 unspecified atom stereocenters. The Balaban J connectivity index is 2.70. The minimum Gasteiger partial charge on any atom is -0.295 e. The largest absolute Gasteiger partial charge is 0.295 e. The number of carbonyl (C=O) groups excluding carboxylic acids is 1. The Bertz CT molecular complexity index is 324. The first-order chi connectivity index (χ1) is 6.09. The summed E-state index contributed by atoms with van der Waals surface area (Å²) in [5.74, 6) is -0.290. The fourth-order valence-corrected chi connectivity index (χ4v) is 0.973. The monoisotopic (exact) mass is 178 g/mol. The van der Waals surface area contributed by atoms with E-state index in [4.69, 9.17) is 0 Å². The molecule has 1 aromatic rings. The molecule has 1 rings (SSSR count). The Hall–Kier alpha value is -1.44. The van der Waals surface area contributed by atoms with Gasteiger partial charge in [-0.25, -0.2) is 4.39 Å². The van der Waals surface area contributed by atoms with Crippen LogP contribution in [0.3, 0.4) is 0 Å². The van der Waals surface area contributed by atoms with Gasteiger partial charge in [0.15, 0.2) is 5.78 Å². The van der Waals surface area contributed by atoms with E-state index in [-0.39, 0.29) is 11.6 Å². The smallest absolute Gasteiger partial charge is 0.155 e. The van der Waals surface area contributed by atoms with Crippen LogP contribution in [0.2, 0.25) is 0 Å². The molecule has 0 heterocycles. The topological polar surface area (TPSA) is 17.1 Å². The van der Waals surface area contributed by atoms with Crippen molar-refractivity contribution < 1.29 is 9.18 Å². The van der Waals surface area contributed by atoms with Crippen molar-refractivity contribution in [2.45, 2.75) is 13.3 Å². The van der Waals surface area contributed by atoms with Gasteiger partial charge in [0.2, 0.25) is 0 Å². The van der Waals surface area contributed by atoms with E-state index in [0.29, 0.717) is 12.0 Å². The second-order valence-electron chi connectivity index (χ2n) is 2.96. The van der Waals surface area contributed by atoms with Gasteiger partial charge in [-0.3, -0.25) is 4.79 Å². The molecule has 0 aliphatic rings. The van der Waals surface area contributed by atoms with Gasteiger partial charge in [-0.15, -0.1) is 0 Å². The number of rotatable bonds is 3. The lowest BCUT2D eigenvalue weighted by molar-refractivity contribution is -0.113. The molecule has 0 amide bonds. The molecule has 1 aromatic carbocycles. The van der Waals surface area contributed by atoms with E-state index < -0.39 is 0 Å². The zero-order valence-electron chi connectivity index (χ0n) is 7.51. The highest BCUT2D eigenvalue weighted by Crippen LogP contribution is 2.08. The quantitative estimate of drug-likeness (QED) is 0.650. The van der Waals surface area contributed by atoms with Gasteiger partial charge in [0.25, 0.3) is 0 Å². The molecule has 1 nitrogen and oxygen atoms in total. The van der Waals surface area contributed by atoms with Gasteiger partial charge >= 0.3 is 0 Å². The van der Waals surface area contributed by atoms with Gasteiger partial charge in [0.1, 0.15) is 5.82 Å². The van der Waals surface area contributed by atoms with Crippen LogP contribution in [0.4, 0.5) is 4.39 Å². The van der Waals surface area contributed by atoms with Gasteiger partial charge in [-0.2, -0.15) is 0 Å². The lowest BCUT2D eigenvalue weighted by Crippen LogP contribution is -1.98. The van der Waals surface area contributed by atoms with Crippen LogP contribution in [0.5, 0.6) is 0 Å². The molecule has 0 fully saturated rings. The van der Waals surface area contributed by atoms with Crippen LogP contribution in [0.15, 0.2) is 36.4 Å². The summed E-state index contributed by atoms with van der Waals surface area (Å²) >= 11 is 0. The number of hydrogen-bond donors (Lipinski definition) is 0. The molecule has 0 N–H and O–H groups in total. The predicted molar refractivity (Wildman–Crippen MR) is 49.9 cm³/mol. The average Bonchev–Trinajstić information content (AvgIpc) is 2.08. The SMILES string of the molecule is C=C(Cc1ccc(F)cc1)C(C)=O. The molecule has 0 bridgehead atoms. The summed E-state index contributed by atoms with van der Waals surface area (Å²) < 4.78 is 12.5. The first-order valence-corrected chi connectivity index (χ1v) is 4.03. The van der Waals surface area contributed by atoms with Gasteiger partial charge in [-0.05, 0) is 30.2 Å². The standard InChI is InChI=1S/C11H11FO/c1-8(9(2)13)7-10-3-5-11(12)6-4-10/h3-6H,1,7H2,2H3. The van der Waals surface area contributed by atoms with E-state index in [1.807, 2.05) is 0 Å². The Morgan fingerprint density at radius 3 is 2.38 bits per heavy atom. The van der Waals surface area contributed by atoms with Crippen molar-refractivity contribution in [2.24, 2.45) is 0 Å². The van der Waals surface area contributed by atoms with Crippen LogP contribution >= 0.6 is 0 Å². The zero-order chi connectivity index (χ0) is 9.84. The van der Waals surface area contributed by atoms with E-state index in [1.165, 1.54) is 19.1 Å². The van der Waals surface area contributed by atoms with Crippen molar-refractivity contribution in [1.82, 2.24) is 0 Å². The molecule has 0 aliphatic carbocycles. The molecule has 0 aliphatic heterocycles. The van der Waals surface area contributed by atoms with Crippen LogP contribution in [-0.2, 0) is 11.2 Å². The van der Waals surface area contributed by atoms with E-state index in [0.717, 1.165) is 5.56 Å². The Labute approximate surface area is 76.9 Å². The minimum atomic E-state index is -0.266. The normalized spacial score (nSPS) is 9.69. The lowest BCUT2D eigenvalue weighted by Gasteiger charge is -2.01. The Morgan fingerprint density at radius 2 is 1.92 bits per heavy atom. The molecule has 13 heavy (non-hydrogen) atoms. The van der Waals surface area contributed by atoms with E-state index in [9.17, 15) is 9.18 Å². The van der Waals surface area contributed by atoms with Gasteiger partial charge in [0.05, 0.1) is 0 Å². The van der Waals surface area contributed by atoms with E-state index >= 15 is 0 Å². The molecule has 68 valence electrons. The predicted octanol–water partition coefficient (Wildman–Crippen LogP) is 2.51. The number of ketones is 1. The van der Waals surface area contributed by atoms with Crippen molar-refractivity contribution in [3.63, 3.8) is 0 Å². The molecule has 0 radical (unpaired) electrons. The van der Waals surface area contributed by atoms with E-state index in [1.54, 1.807) is 12.1 Å². The molecule has 0 saturated heterocycles. The van der Waals surface area contributed by atoms with Gasteiger partial charge in [-0.1, -0.05) is 18.7 Å². The molecular weight excluding hydrogens is 167 g/mol. The second-order valence-corrected chi connectivity index (χ2v) is 2.96. The maximum atomic E-state index is 12.5. The van der Waals surface area contributed by atoms with Crippen LogP contribution in [-0.4, -0.2) is 5.78 Å². The maximum absolute atomic E-state index is 12.5. The summed E-state index contributed by atoms with van der Waals surface area (Å²) in [4.78, 5) is 10.8. The highest BCUT2D eigenvalue weighted by atomic mass is 19.1. The highest BCUT2D eigenvalue weighted by Gasteiger charge is 2.01. The van der Waals surface area contributed by atoms with Crippen molar-refractivity contribution >= 4 is 5.78 Å². The summed E-state index contributed by atoms with van der Waals surface area (Å²) in [6.45, 7) is 5.11.